The first-order chi connectivity index (χ1) is 14.7. The van der Waals surface area contributed by atoms with E-state index in [0.717, 1.165) is 18.1 Å². The summed E-state index contributed by atoms with van der Waals surface area (Å²) < 4.78 is 44.8. The van der Waals surface area contributed by atoms with Crippen molar-refractivity contribution in [3.8, 4) is 0 Å². The molecule has 9 heteroatoms. The van der Waals surface area contributed by atoms with Crippen LogP contribution in [0.3, 0.4) is 0 Å². The maximum atomic E-state index is 13.6. The Kier molecular flexibility index (Phi) is 8.60. The van der Waals surface area contributed by atoms with Crippen molar-refractivity contribution in [2.24, 2.45) is 5.92 Å². The fourth-order valence-electron chi connectivity index (χ4n) is 2.87. The Morgan fingerprint density at radius 3 is 2.29 bits per heavy atom. The van der Waals surface area contributed by atoms with Crippen molar-refractivity contribution in [2.45, 2.75) is 26.2 Å². The molecule has 0 fully saturated rings. The van der Waals surface area contributed by atoms with Crippen LogP contribution in [0.4, 0.5) is 18.9 Å². The van der Waals surface area contributed by atoms with Gasteiger partial charge in [-0.25, -0.2) is 13.2 Å². The highest BCUT2D eigenvalue weighted by Gasteiger charge is 2.27. The summed E-state index contributed by atoms with van der Waals surface area (Å²) in [6.07, 6.45) is 0.724. The van der Waals surface area contributed by atoms with E-state index in [-0.39, 0.29) is 5.92 Å². The Morgan fingerprint density at radius 1 is 0.968 bits per heavy atom. The van der Waals surface area contributed by atoms with Crippen LogP contribution in [0.5, 0.6) is 0 Å². The van der Waals surface area contributed by atoms with E-state index in [1.54, 1.807) is 24.3 Å². The Labute approximate surface area is 177 Å². The van der Waals surface area contributed by atoms with Gasteiger partial charge in [0.15, 0.2) is 24.1 Å². The summed E-state index contributed by atoms with van der Waals surface area (Å²) in [5.74, 6) is -7.40. The minimum atomic E-state index is -1.72. The van der Waals surface area contributed by atoms with Gasteiger partial charge in [0.1, 0.15) is 0 Å². The summed E-state index contributed by atoms with van der Waals surface area (Å²) in [5.41, 5.74) is 0.207. The molecule has 2 rings (SSSR count). The molecule has 2 N–H and O–H groups in total. The van der Waals surface area contributed by atoms with Gasteiger partial charge in [-0.1, -0.05) is 50.6 Å². The number of rotatable bonds is 9. The van der Waals surface area contributed by atoms with E-state index in [1.165, 1.54) is 0 Å². The van der Waals surface area contributed by atoms with Gasteiger partial charge in [-0.15, -0.1) is 0 Å². The van der Waals surface area contributed by atoms with Gasteiger partial charge in [0.2, 0.25) is 5.91 Å². The van der Waals surface area contributed by atoms with Crippen molar-refractivity contribution in [1.29, 1.82) is 0 Å². The molecule has 2 aromatic carbocycles. The molecule has 0 saturated heterocycles. The number of hydrogen-bond acceptors (Lipinski definition) is 4. The van der Waals surface area contributed by atoms with E-state index in [9.17, 15) is 27.6 Å². The molecule has 2 aromatic rings. The highest BCUT2D eigenvalue weighted by atomic mass is 19.2. The van der Waals surface area contributed by atoms with Gasteiger partial charge in [-0.3, -0.25) is 14.4 Å². The van der Waals surface area contributed by atoms with E-state index in [4.69, 9.17) is 4.74 Å². The van der Waals surface area contributed by atoms with Crippen molar-refractivity contribution in [2.75, 3.05) is 18.5 Å². The third-order valence-electron chi connectivity index (χ3n) is 4.73. The smallest absolute Gasteiger partial charge is 0.314 e. The first kappa shape index (κ1) is 23.9. The zero-order valence-electron chi connectivity index (χ0n) is 17.1. The third-order valence-corrected chi connectivity index (χ3v) is 4.73. The topological polar surface area (TPSA) is 84.5 Å². The van der Waals surface area contributed by atoms with Crippen LogP contribution in [-0.4, -0.2) is 30.9 Å². The van der Waals surface area contributed by atoms with E-state index >= 15 is 0 Å². The molecular formula is C22H23F3N2O4. The fraction of sp³-hybridized carbons (Fsp3) is 0.318. The van der Waals surface area contributed by atoms with Gasteiger partial charge < -0.3 is 15.4 Å². The molecule has 6 nitrogen and oxygen atoms in total. The molecule has 2 atom stereocenters. The van der Waals surface area contributed by atoms with Crippen LogP contribution in [0, 0.1) is 23.4 Å². The summed E-state index contributed by atoms with van der Waals surface area (Å²) in [5, 5.41) is 4.22. The normalized spacial score (nSPS) is 12.5. The molecule has 0 aliphatic rings. The molecule has 2 amide bonds. The average molecular weight is 436 g/mol. The van der Waals surface area contributed by atoms with Crippen molar-refractivity contribution in [1.82, 2.24) is 5.32 Å². The molecule has 0 aliphatic heterocycles. The maximum absolute atomic E-state index is 13.6. The largest absolute Gasteiger partial charge is 0.455 e. The van der Waals surface area contributed by atoms with Crippen molar-refractivity contribution in [3.63, 3.8) is 0 Å². The van der Waals surface area contributed by atoms with Gasteiger partial charge in [0.05, 0.1) is 18.2 Å². The predicted octanol–water partition coefficient (Wildman–Crippen LogP) is 3.53. The first-order valence-corrected chi connectivity index (χ1v) is 9.66. The molecule has 2 unspecified atom stereocenters. The maximum Gasteiger partial charge on any atom is 0.314 e. The van der Waals surface area contributed by atoms with Crippen molar-refractivity contribution >= 4 is 23.5 Å². The van der Waals surface area contributed by atoms with E-state index < -0.39 is 60.0 Å². The molecule has 0 spiro atoms. The van der Waals surface area contributed by atoms with Crippen LogP contribution in [0.1, 0.15) is 31.7 Å². The molecule has 0 saturated carbocycles. The molecule has 166 valence electrons. The molecule has 0 bridgehead atoms. The Bertz CT molecular complexity index is 938. The average Bonchev–Trinajstić information content (AvgIpc) is 2.77. The third kappa shape index (κ3) is 6.56. The van der Waals surface area contributed by atoms with E-state index in [0.29, 0.717) is 6.07 Å². The number of benzene rings is 2. The second-order valence-electron chi connectivity index (χ2n) is 6.93. The Hall–Kier alpha value is -3.36. The molecule has 0 radical (unpaired) electrons. The predicted molar refractivity (Wildman–Crippen MR) is 108 cm³/mol. The number of ether oxygens (including phenoxy) is 1. The van der Waals surface area contributed by atoms with Crippen LogP contribution in [0.15, 0.2) is 42.5 Å². The lowest BCUT2D eigenvalue weighted by Crippen LogP contribution is -2.36. The number of nitrogens with one attached hydrogen (secondary N) is 2. The summed E-state index contributed by atoms with van der Waals surface area (Å²) in [6, 6.07) is 10.6. The molecular weight excluding hydrogens is 413 g/mol. The summed E-state index contributed by atoms with van der Waals surface area (Å²) in [6.45, 7) is 2.66. The standard InChI is InChI=1S/C22H23F3N2O4/c1-3-13(2)19(14-7-5-4-6-8-14)22(30)31-12-18(29)26-11-17(28)27-16-10-9-15(23)20(24)21(16)25/h4-10,13,19H,3,11-12H2,1-2H3,(H,26,29)(H,27,28). The molecule has 0 heterocycles. The minimum Gasteiger partial charge on any atom is -0.455 e. The Balaban J connectivity index is 1.86. The van der Waals surface area contributed by atoms with Crippen LogP contribution < -0.4 is 10.6 Å². The molecule has 0 aromatic heterocycles. The molecule has 31 heavy (non-hydrogen) atoms. The van der Waals surface area contributed by atoms with Crippen LogP contribution in [-0.2, 0) is 19.1 Å². The highest BCUT2D eigenvalue weighted by Crippen LogP contribution is 2.28. The number of carbonyl (C=O) groups excluding carboxylic acids is 3. The van der Waals surface area contributed by atoms with Crippen molar-refractivity contribution < 1.29 is 32.3 Å². The van der Waals surface area contributed by atoms with E-state index in [2.05, 4.69) is 5.32 Å². The Morgan fingerprint density at radius 2 is 1.65 bits per heavy atom. The van der Waals surface area contributed by atoms with Crippen LogP contribution in [0.2, 0.25) is 0 Å². The van der Waals surface area contributed by atoms with Gasteiger partial charge >= 0.3 is 5.97 Å². The summed E-state index contributed by atoms with van der Waals surface area (Å²) >= 11 is 0. The number of esters is 1. The first-order valence-electron chi connectivity index (χ1n) is 9.66. The number of amides is 2. The van der Waals surface area contributed by atoms with Gasteiger partial charge in [-0.2, -0.15) is 0 Å². The summed E-state index contributed by atoms with van der Waals surface area (Å²) in [4.78, 5) is 36.3. The lowest BCUT2D eigenvalue weighted by atomic mass is 9.86. The van der Waals surface area contributed by atoms with Gasteiger partial charge in [0, 0.05) is 0 Å². The minimum absolute atomic E-state index is 0.0188. The SMILES string of the molecule is CCC(C)C(C(=O)OCC(=O)NCC(=O)Nc1ccc(F)c(F)c1F)c1ccccc1. The van der Waals surface area contributed by atoms with Gasteiger partial charge in [-0.05, 0) is 23.6 Å². The van der Waals surface area contributed by atoms with E-state index in [1.807, 2.05) is 25.2 Å². The van der Waals surface area contributed by atoms with Crippen molar-refractivity contribution in [3.05, 3.63) is 65.5 Å². The number of halogens is 3. The number of carbonyl (C=O) groups is 3. The second kappa shape index (κ2) is 11.1. The number of hydrogen-bond donors (Lipinski definition) is 2. The second-order valence-corrected chi connectivity index (χ2v) is 6.93. The number of anilines is 1. The van der Waals surface area contributed by atoms with Crippen LogP contribution >= 0.6 is 0 Å². The quantitative estimate of drug-likeness (QED) is 0.465. The lowest BCUT2D eigenvalue weighted by molar-refractivity contribution is -0.151. The lowest BCUT2D eigenvalue weighted by Gasteiger charge is -2.21. The fourth-order valence-corrected chi connectivity index (χ4v) is 2.87. The zero-order chi connectivity index (χ0) is 23.0. The van der Waals surface area contributed by atoms with Crippen LogP contribution in [0.25, 0.3) is 0 Å². The zero-order valence-corrected chi connectivity index (χ0v) is 17.1. The highest BCUT2D eigenvalue weighted by molar-refractivity contribution is 5.95. The summed E-state index contributed by atoms with van der Waals surface area (Å²) in [7, 11) is 0. The molecule has 0 aliphatic carbocycles. The monoisotopic (exact) mass is 436 g/mol. The van der Waals surface area contributed by atoms with Gasteiger partial charge in [0.25, 0.3) is 5.91 Å².